The second-order valence-electron chi connectivity index (χ2n) is 10.6. The van der Waals surface area contributed by atoms with Crippen molar-refractivity contribution in [3.05, 3.63) is 28.8 Å². The van der Waals surface area contributed by atoms with E-state index < -0.39 is 11.8 Å². The van der Waals surface area contributed by atoms with E-state index in [4.69, 9.17) is 5.73 Å². The molecule has 1 atom stereocenters. The van der Waals surface area contributed by atoms with E-state index in [2.05, 4.69) is 6.92 Å². The lowest BCUT2D eigenvalue weighted by Crippen LogP contribution is -2.63. The fourth-order valence-corrected chi connectivity index (χ4v) is 6.92. The Morgan fingerprint density at radius 3 is 2.36 bits per heavy atom. The molecule has 178 valence electrons. The van der Waals surface area contributed by atoms with Gasteiger partial charge in [0.2, 0.25) is 0 Å². The lowest BCUT2D eigenvalue weighted by molar-refractivity contribution is -0.149. The molecule has 2 spiro atoms. The minimum Gasteiger partial charge on any atom is -0.398 e. The number of carbonyl (C=O) groups is 3. The van der Waals surface area contributed by atoms with E-state index in [9.17, 15) is 19.5 Å². The minimum atomic E-state index is -0.955. The normalized spacial score (nSPS) is 33.5. The number of fused-ring (bicyclic) bond motifs is 1. The van der Waals surface area contributed by atoms with Gasteiger partial charge >= 0.3 is 6.03 Å². The van der Waals surface area contributed by atoms with E-state index in [0.717, 1.165) is 50.5 Å². The fourth-order valence-electron chi connectivity index (χ4n) is 6.92. The van der Waals surface area contributed by atoms with Gasteiger partial charge in [-0.3, -0.25) is 14.5 Å². The van der Waals surface area contributed by atoms with Crippen LogP contribution in [0.2, 0.25) is 0 Å². The maximum absolute atomic E-state index is 13.4. The number of aryl methyl sites for hydroxylation is 1. The van der Waals surface area contributed by atoms with Gasteiger partial charge in [-0.05, 0) is 68.4 Å². The molecule has 0 bridgehead atoms. The Kier molecular flexibility index (Phi) is 5.01. The molecule has 33 heavy (non-hydrogen) atoms. The molecular weight excluding hydrogens is 420 g/mol. The number of nitrogens with zero attached hydrogens (tertiary/aromatic N) is 3. The van der Waals surface area contributed by atoms with Gasteiger partial charge in [0.25, 0.3) is 11.8 Å². The van der Waals surface area contributed by atoms with Crippen LogP contribution >= 0.6 is 0 Å². The van der Waals surface area contributed by atoms with Crippen LogP contribution in [0.15, 0.2) is 12.1 Å². The average Bonchev–Trinajstić information content (AvgIpc) is 3.14. The number of amides is 4. The summed E-state index contributed by atoms with van der Waals surface area (Å²) in [7, 11) is 3.27. The smallest absolute Gasteiger partial charge is 0.327 e. The van der Waals surface area contributed by atoms with Crippen molar-refractivity contribution in [3.8, 4) is 0 Å². The van der Waals surface area contributed by atoms with Crippen LogP contribution in [0.3, 0.4) is 0 Å². The maximum Gasteiger partial charge on any atom is 0.327 e. The Bertz CT molecular complexity index is 1020. The number of likely N-dealkylation sites (N-methyl/N-ethyl adjacent to an activating group) is 2. The number of carbonyl (C=O) groups excluding carboxylic acids is 3. The van der Waals surface area contributed by atoms with Crippen molar-refractivity contribution in [2.24, 2.45) is 5.41 Å². The Morgan fingerprint density at radius 2 is 1.79 bits per heavy atom. The highest BCUT2D eigenvalue weighted by Gasteiger charge is 2.67. The molecule has 2 aliphatic carbocycles. The zero-order valence-electron chi connectivity index (χ0n) is 19.8. The van der Waals surface area contributed by atoms with Crippen LogP contribution in [0.25, 0.3) is 0 Å². The molecule has 8 nitrogen and oxygen atoms in total. The number of aliphatic hydroxyl groups is 1. The molecule has 1 aromatic rings. The average molecular weight is 455 g/mol. The van der Waals surface area contributed by atoms with Crippen LogP contribution in [0, 0.1) is 5.41 Å². The number of unbranched alkanes of at least 4 members (excludes halogenated alkanes) is 1. The standard InChI is InChI=1S/C25H34N4O4/c1-4-5-6-15-7-8-17(26)19-18(15)20(30)29(21(19)31)16-9-11-24(12-10-16)13-25(14-24)22(32)27(2)23(33)28(25)3/h7-8,16,20,30H,4-6,9-14,26H2,1-3H3. The molecule has 4 amide bonds. The largest absolute Gasteiger partial charge is 0.398 e. The molecule has 5 rings (SSSR count). The van der Waals surface area contributed by atoms with Crippen molar-refractivity contribution in [2.75, 3.05) is 19.8 Å². The van der Waals surface area contributed by atoms with Crippen LogP contribution in [-0.2, 0) is 11.2 Å². The monoisotopic (exact) mass is 454 g/mol. The summed E-state index contributed by atoms with van der Waals surface area (Å²) in [4.78, 5) is 42.8. The first-order valence-corrected chi connectivity index (χ1v) is 12.1. The van der Waals surface area contributed by atoms with Crippen molar-refractivity contribution in [3.63, 3.8) is 0 Å². The molecule has 2 aliphatic heterocycles. The molecular formula is C25H34N4O4. The number of aliphatic hydroxyl groups excluding tert-OH is 1. The van der Waals surface area contributed by atoms with Crippen molar-refractivity contribution < 1.29 is 19.5 Å². The summed E-state index contributed by atoms with van der Waals surface area (Å²) in [6.07, 6.45) is 6.58. The molecule has 4 aliphatic rings. The third-order valence-electron chi connectivity index (χ3n) is 8.80. The SMILES string of the molecule is CCCCc1ccc(N)c2c1C(O)N(C1CCC3(CC1)CC1(C3)C(=O)N(C)C(=O)N1C)C2=O. The molecule has 3 fully saturated rings. The van der Waals surface area contributed by atoms with Gasteiger partial charge in [0.1, 0.15) is 5.54 Å². The van der Waals surface area contributed by atoms with Gasteiger partial charge in [-0.15, -0.1) is 0 Å². The van der Waals surface area contributed by atoms with E-state index >= 15 is 0 Å². The number of anilines is 1. The quantitative estimate of drug-likeness (QED) is 0.537. The van der Waals surface area contributed by atoms with Crippen LogP contribution in [0.4, 0.5) is 10.5 Å². The first-order valence-electron chi connectivity index (χ1n) is 12.1. The molecule has 8 heteroatoms. The molecule has 0 radical (unpaired) electrons. The Labute approximate surface area is 194 Å². The second kappa shape index (κ2) is 7.45. The number of rotatable bonds is 4. The number of hydrogen-bond donors (Lipinski definition) is 2. The summed E-state index contributed by atoms with van der Waals surface area (Å²) in [6.45, 7) is 2.12. The number of nitrogen functional groups attached to an aromatic ring is 1. The highest BCUT2D eigenvalue weighted by molar-refractivity contribution is 6.07. The molecule has 2 heterocycles. The van der Waals surface area contributed by atoms with Gasteiger partial charge in [-0.25, -0.2) is 4.79 Å². The van der Waals surface area contributed by atoms with E-state index in [0.29, 0.717) is 29.7 Å². The van der Waals surface area contributed by atoms with Gasteiger partial charge < -0.3 is 20.6 Å². The molecule has 1 unspecified atom stereocenters. The third-order valence-corrected chi connectivity index (χ3v) is 8.80. The number of imide groups is 1. The van der Waals surface area contributed by atoms with Gasteiger partial charge in [-0.1, -0.05) is 19.4 Å². The van der Waals surface area contributed by atoms with Crippen molar-refractivity contribution in [1.82, 2.24) is 14.7 Å². The molecule has 2 saturated carbocycles. The summed E-state index contributed by atoms with van der Waals surface area (Å²) in [6, 6.07) is 3.45. The zero-order chi connectivity index (χ0) is 23.7. The van der Waals surface area contributed by atoms with Crippen LogP contribution in [0.5, 0.6) is 0 Å². The van der Waals surface area contributed by atoms with Gasteiger partial charge in [-0.2, -0.15) is 0 Å². The number of urea groups is 1. The first kappa shape index (κ1) is 22.2. The summed E-state index contributed by atoms with van der Waals surface area (Å²) < 4.78 is 0. The predicted octanol–water partition coefficient (Wildman–Crippen LogP) is 3.04. The minimum absolute atomic E-state index is 0.0256. The molecule has 1 aromatic carbocycles. The number of nitrogens with two attached hydrogens (primary N) is 1. The summed E-state index contributed by atoms with van der Waals surface area (Å²) in [5.74, 6) is -0.268. The Morgan fingerprint density at radius 1 is 1.12 bits per heavy atom. The van der Waals surface area contributed by atoms with E-state index in [1.807, 2.05) is 6.07 Å². The van der Waals surface area contributed by atoms with Gasteiger partial charge in [0.05, 0.1) is 5.56 Å². The predicted molar refractivity (Wildman–Crippen MR) is 123 cm³/mol. The number of benzene rings is 1. The molecule has 0 aromatic heterocycles. The van der Waals surface area contributed by atoms with E-state index in [-0.39, 0.29) is 29.3 Å². The van der Waals surface area contributed by atoms with Crippen molar-refractivity contribution >= 4 is 23.5 Å². The lowest BCUT2D eigenvalue weighted by Gasteiger charge is -2.58. The van der Waals surface area contributed by atoms with Crippen LogP contribution in [0.1, 0.15) is 86.0 Å². The van der Waals surface area contributed by atoms with Crippen molar-refractivity contribution in [1.29, 1.82) is 0 Å². The van der Waals surface area contributed by atoms with Gasteiger partial charge in [0, 0.05) is 31.4 Å². The highest BCUT2D eigenvalue weighted by Crippen LogP contribution is 2.61. The van der Waals surface area contributed by atoms with Crippen molar-refractivity contribution in [2.45, 2.75) is 82.5 Å². The second-order valence-corrected chi connectivity index (χ2v) is 10.6. The zero-order valence-corrected chi connectivity index (χ0v) is 19.8. The lowest BCUT2D eigenvalue weighted by atomic mass is 9.51. The molecule has 3 N–H and O–H groups in total. The Balaban J connectivity index is 1.30. The Hall–Kier alpha value is -2.61. The van der Waals surface area contributed by atoms with E-state index in [1.165, 1.54) is 4.90 Å². The molecule has 1 saturated heterocycles. The highest BCUT2D eigenvalue weighted by atomic mass is 16.3. The van der Waals surface area contributed by atoms with Gasteiger partial charge in [0.15, 0.2) is 6.23 Å². The third kappa shape index (κ3) is 2.95. The summed E-state index contributed by atoms with van der Waals surface area (Å²) >= 11 is 0. The first-order chi connectivity index (χ1) is 15.7. The van der Waals surface area contributed by atoms with E-state index in [1.54, 1.807) is 30.0 Å². The number of hydrogen-bond acceptors (Lipinski definition) is 5. The summed E-state index contributed by atoms with van der Waals surface area (Å²) in [5, 5.41) is 11.2. The van der Waals surface area contributed by atoms with Crippen LogP contribution < -0.4 is 5.73 Å². The topological polar surface area (TPSA) is 107 Å². The summed E-state index contributed by atoms with van der Waals surface area (Å²) in [5.41, 5.74) is 8.11. The maximum atomic E-state index is 13.4. The van der Waals surface area contributed by atoms with Crippen LogP contribution in [-0.4, -0.2) is 63.3 Å². The fraction of sp³-hybridized carbons (Fsp3) is 0.640.